The summed E-state index contributed by atoms with van der Waals surface area (Å²) in [6, 6.07) is -0.189. The molecule has 17 heavy (non-hydrogen) atoms. The van der Waals surface area contributed by atoms with Crippen molar-refractivity contribution in [2.24, 2.45) is 5.92 Å². The number of thioether (sulfide) groups is 1. The summed E-state index contributed by atoms with van der Waals surface area (Å²) in [5.74, 6) is -0.241. The maximum atomic E-state index is 11.7. The van der Waals surface area contributed by atoms with E-state index in [2.05, 4.69) is 5.32 Å². The standard InChI is InChI=1S/C11H20N2O3S/c1-8(10(14)15)7-13(2)11(16)12-6-9-4-3-5-17-9/h8-9H,3-7H2,1-2H3,(H,12,16)(H,14,15). The van der Waals surface area contributed by atoms with Gasteiger partial charge in [-0.25, -0.2) is 4.79 Å². The zero-order valence-electron chi connectivity index (χ0n) is 10.3. The number of hydrogen-bond donors (Lipinski definition) is 2. The van der Waals surface area contributed by atoms with Crippen LogP contribution in [0.1, 0.15) is 19.8 Å². The molecule has 0 saturated carbocycles. The quantitative estimate of drug-likeness (QED) is 0.780. The van der Waals surface area contributed by atoms with Crippen molar-refractivity contribution in [2.45, 2.75) is 25.0 Å². The number of nitrogens with one attached hydrogen (secondary N) is 1. The van der Waals surface area contributed by atoms with Crippen LogP contribution < -0.4 is 5.32 Å². The van der Waals surface area contributed by atoms with Gasteiger partial charge in [0.05, 0.1) is 5.92 Å². The van der Waals surface area contributed by atoms with Crippen molar-refractivity contribution in [3.8, 4) is 0 Å². The Kier molecular flexibility index (Phi) is 5.61. The van der Waals surface area contributed by atoms with E-state index in [4.69, 9.17) is 5.11 Å². The number of carbonyl (C=O) groups is 2. The number of nitrogens with zero attached hydrogens (tertiary/aromatic N) is 1. The van der Waals surface area contributed by atoms with Crippen LogP contribution in [-0.4, -0.2) is 53.1 Å². The summed E-state index contributed by atoms with van der Waals surface area (Å²) in [5.41, 5.74) is 0. The van der Waals surface area contributed by atoms with Crippen molar-refractivity contribution in [1.82, 2.24) is 10.2 Å². The van der Waals surface area contributed by atoms with E-state index in [1.165, 1.54) is 17.1 Å². The molecule has 0 aromatic rings. The molecule has 0 radical (unpaired) electrons. The molecule has 2 atom stereocenters. The molecule has 1 rings (SSSR count). The smallest absolute Gasteiger partial charge is 0.317 e. The zero-order valence-corrected chi connectivity index (χ0v) is 11.1. The summed E-state index contributed by atoms with van der Waals surface area (Å²) in [5, 5.41) is 12.1. The molecule has 5 nitrogen and oxygen atoms in total. The first-order valence-electron chi connectivity index (χ1n) is 5.84. The highest BCUT2D eigenvalue weighted by molar-refractivity contribution is 8.00. The highest BCUT2D eigenvalue weighted by Crippen LogP contribution is 2.25. The summed E-state index contributed by atoms with van der Waals surface area (Å²) in [6.45, 7) is 2.51. The second kappa shape index (κ2) is 6.74. The minimum atomic E-state index is -0.879. The number of carbonyl (C=O) groups excluding carboxylic acids is 1. The number of amides is 2. The van der Waals surface area contributed by atoms with Gasteiger partial charge in [-0.15, -0.1) is 0 Å². The molecule has 1 aliphatic rings. The third-order valence-corrected chi connectivity index (χ3v) is 4.22. The van der Waals surface area contributed by atoms with Crippen molar-refractivity contribution in [2.75, 3.05) is 25.9 Å². The number of rotatable bonds is 5. The van der Waals surface area contributed by atoms with E-state index in [9.17, 15) is 9.59 Å². The number of carboxylic acid groups (broad SMARTS) is 1. The van der Waals surface area contributed by atoms with E-state index in [0.29, 0.717) is 11.8 Å². The second-order valence-electron chi connectivity index (χ2n) is 4.44. The number of urea groups is 1. The topological polar surface area (TPSA) is 69.6 Å². The summed E-state index contributed by atoms with van der Waals surface area (Å²) in [4.78, 5) is 23.8. The molecule has 2 unspecified atom stereocenters. The highest BCUT2D eigenvalue weighted by Gasteiger charge is 2.19. The maximum absolute atomic E-state index is 11.7. The van der Waals surface area contributed by atoms with Crippen LogP contribution in [0, 0.1) is 5.92 Å². The van der Waals surface area contributed by atoms with Gasteiger partial charge in [0.25, 0.3) is 0 Å². The van der Waals surface area contributed by atoms with Gasteiger partial charge in [-0.2, -0.15) is 11.8 Å². The van der Waals surface area contributed by atoms with E-state index in [1.807, 2.05) is 11.8 Å². The molecule has 98 valence electrons. The van der Waals surface area contributed by atoms with Crippen LogP contribution in [-0.2, 0) is 4.79 Å². The Balaban J connectivity index is 2.23. The average molecular weight is 260 g/mol. The largest absolute Gasteiger partial charge is 0.481 e. The Hall–Kier alpha value is -0.910. The van der Waals surface area contributed by atoms with Crippen LogP contribution in [0.4, 0.5) is 4.79 Å². The Labute approximate surface area is 106 Å². The third kappa shape index (κ3) is 4.85. The van der Waals surface area contributed by atoms with Crippen molar-refractivity contribution in [3.05, 3.63) is 0 Å². The van der Waals surface area contributed by atoms with Crippen LogP contribution >= 0.6 is 11.8 Å². The Bertz CT molecular complexity index is 280. The van der Waals surface area contributed by atoms with Gasteiger partial charge in [-0.1, -0.05) is 6.92 Å². The van der Waals surface area contributed by atoms with Gasteiger partial charge in [0, 0.05) is 25.4 Å². The molecule has 1 heterocycles. The number of hydrogen-bond acceptors (Lipinski definition) is 3. The van der Waals surface area contributed by atoms with Crippen LogP contribution in [0.25, 0.3) is 0 Å². The summed E-state index contributed by atoms with van der Waals surface area (Å²) >= 11 is 1.89. The van der Waals surface area contributed by atoms with E-state index in [1.54, 1.807) is 14.0 Å². The molecule has 0 aromatic heterocycles. The highest BCUT2D eigenvalue weighted by atomic mass is 32.2. The van der Waals surface area contributed by atoms with Gasteiger partial charge in [0.2, 0.25) is 0 Å². The molecule has 0 aliphatic carbocycles. The van der Waals surface area contributed by atoms with Gasteiger partial charge >= 0.3 is 12.0 Å². The minimum Gasteiger partial charge on any atom is -0.481 e. The first-order chi connectivity index (χ1) is 8.00. The van der Waals surface area contributed by atoms with Crippen LogP contribution in [0.3, 0.4) is 0 Å². The fraction of sp³-hybridized carbons (Fsp3) is 0.818. The molecular weight excluding hydrogens is 240 g/mol. The SMILES string of the molecule is CC(CN(C)C(=O)NCC1CCCS1)C(=O)O. The fourth-order valence-electron chi connectivity index (χ4n) is 1.71. The molecule has 1 saturated heterocycles. The predicted octanol–water partition coefficient (Wildman–Crippen LogP) is 1.24. The van der Waals surface area contributed by atoms with Gasteiger partial charge < -0.3 is 15.3 Å². The first-order valence-corrected chi connectivity index (χ1v) is 6.89. The molecule has 2 amide bonds. The molecule has 6 heteroatoms. The lowest BCUT2D eigenvalue weighted by molar-refractivity contribution is -0.141. The Morgan fingerprint density at radius 3 is 2.82 bits per heavy atom. The normalized spacial score (nSPS) is 20.9. The molecule has 0 spiro atoms. The van der Waals surface area contributed by atoms with Crippen molar-refractivity contribution < 1.29 is 14.7 Å². The van der Waals surface area contributed by atoms with Crippen molar-refractivity contribution in [1.29, 1.82) is 0 Å². The summed E-state index contributed by atoms with van der Waals surface area (Å²) in [7, 11) is 1.62. The molecule has 0 aromatic carbocycles. The van der Waals surface area contributed by atoms with Gasteiger partial charge in [0.1, 0.15) is 0 Å². The minimum absolute atomic E-state index is 0.189. The summed E-state index contributed by atoms with van der Waals surface area (Å²) < 4.78 is 0. The molecule has 1 aliphatic heterocycles. The summed E-state index contributed by atoms with van der Waals surface area (Å²) in [6.07, 6.45) is 2.37. The molecule has 1 fully saturated rings. The van der Waals surface area contributed by atoms with Crippen LogP contribution in [0.5, 0.6) is 0 Å². The number of carboxylic acids is 1. The van der Waals surface area contributed by atoms with E-state index in [-0.39, 0.29) is 12.6 Å². The fourth-order valence-corrected chi connectivity index (χ4v) is 2.91. The first kappa shape index (κ1) is 14.2. The van der Waals surface area contributed by atoms with Crippen molar-refractivity contribution >= 4 is 23.8 Å². The predicted molar refractivity (Wildman–Crippen MR) is 68.3 cm³/mol. The lowest BCUT2D eigenvalue weighted by Crippen LogP contribution is -2.42. The maximum Gasteiger partial charge on any atom is 0.317 e. The monoisotopic (exact) mass is 260 g/mol. The molecular formula is C11H20N2O3S. The van der Waals surface area contributed by atoms with Crippen molar-refractivity contribution in [3.63, 3.8) is 0 Å². The number of aliphatic carboxylic acids is 1. The van der Waals surface area contributed by atoms with Gasteiger partial charge in [-0.3, -0.25) is 4.79 Å². The lowest BCUT2D eigenvalue weighted by atomic mass is 10.2. The average Bonchev–Trinajstić information content (AvgIpc) is 2.78. The Morgan fingerprint density at radius 1 is 1.59 bits per heavy atom. The van der Waals surface area contributed by atoms with Gasteiger partial charge in [-0.05, 0) is 18.6 Å². The molecule has 2 N–H and O–H groups in total. The van der Waals surface area contributed by atoms with Crippen LogP contribution in [0.2, 0.25) is 0 Å². The molecule has 0 bridgehead atoms. The van der Waals surface area contributed by atoms with Crippen LogP contribution in [0.15, 0.2) is 0 Å². The second-order valence-corrected chi connectivity index (χ2v) is 5.85. The zero-order chi connectivity index (χ0) is 12.8. The Morgan fingerprint density at radius 2 is 2.29 bits per heavy atom. The third-order valence-electron chi connectivity index (χ3n) is 2.82. The van der Waals surface area contributed by atoms with E-state index in [0.717, 1.165) is 6.42 Å². The van der Waals surface area contributed by atoms with E-state index >= 15 is 0 Å². The van der Waals surface area contributed by atoms with Gasteiger partial charge in [0.15, 0.2) is 0 Å². The van der Waals surface area contributed by atoms with E-state index < -0.39 is 11.9 Å². The lowest BCUT2D eigenvalue weighted by Gasteiger charge is -2.21.